The van der Waals surface area contributed by atoms with Crippen LogP contribution in [-0.4, -0.2) is 28.8 Å². The maximum absolute atomic E-state index is 6.00. The monoisotopic (exact) mass is 392 g/mol. The second-order valence-corrected chi connectivity index (χ2v) is 9.23. The van der Waals surface area contributed by atoms with Gasteiger partial charge in [-0.2, -0.15) is 11.8 Å². The minimum absolute atomic E-state index is 0.406. The summed E-state index contributed by atoms with van der Waals surface area (Å²) in [5.41, 5.74) is 1.01. The second kappa shape index (κ2) is 11.0. The van der Waals surface area contributed by atoms with E-state index in [4.69, 9.17) is 17.0 Å². The van der Waals surface area contributed by atoms with Crippen LogP contribution < -0.4 is 15.4 Å². The zero-order chi connectivity index (χ0) is 18.0. The Labute approximate surface area is 168 Å². The van der Waals surface area contributed by atoms with E-state index in [1.807, 2.05) is 24.3 Å². The summed E-state index contributed by atoms with van der Waals surface area (Å²) in [4.78, 5) is 0. The molecule has 26 heavy (non-hydrogen) atoms. The third-order valence-electron chi connectivity index (χ3n) is 5.23. The summed E-state index contributed by atoms with van der Waals surface area (Å²) in [6, 6.07) is 8.14. The normalized spacial score (nSPS) is 18.6. The van der Waals surface area contributed by atoms with Crippen LogP contribution in [0.3, 0.4) is 0 Å². The van der Waals surface area contributed by atoms with Gasteiger partial charge in [0.15, 0.2) is 5.11 Å². The van der Waals surface area contributed by atoms with Crippen molar-refractivity contribution < 1.29 is 4.74 Å². The summed E-state index contributed by atoms with van der Waals surface area (Å²) in [5.74, 6) is 2.19. The third kappa shape index (κ3) is 6.99. The van der Waals surface area contributed by atoms with Crippen molar-refractivity contribution >= 4 is 34.8 Å². The lowest BCUT2D eigenvalue weighted by Crippen LogP contribution is -2.29. The van der Waals surface area contributed by atoms with Gasteiger partial charge in [-0.05, 0) is 87.2 Å². The van der Waals surface area contributed by atoms with E-state index >= 15 is 0 Å². The Balaban J connectivity index is 1.27. The van der Waals surface area contributed by atoms with E-state index in [-0.39, 0.29) is 0 Å². The lowest BCUT2D eigenvalue weighted by atomic mass is 10.0. The number of ether oxygens (including phenoxy) is 1. The number of thiocarbonyl (C=S) groups is 1. The molecule has 2 aliphatic rings. The highest BCUT2D eigenvalue weighted by Gasteiger charge is 2.16. The first-order valence-corrected chi connectivity index (χ1v) is 11.7. The highest BCUT2D eigenvalue weighted by atomic mass is 32.2. The average Bonchev–Trinajstić information content (AvgIpc) is 3.17. The number of rotatable bonds is 8. The molecule has 0 spiro atoms. The molecule has 0 saturated heterocycles. The van der Waals surface area contributed by atoms with Gasteiger partial charge in [-0.1, -0.05) is 19.3 Å². The minimum Gasteiger partial charge on any atom is -0.490 e. The molecular formula is C21H32N2OS2. The first-order valence-electron chi connectivity index (χ1n) is 10.2. The summed E-state index contributed by atoms with van der Waals surface area (Å²) in [6.07, 6.45) is 13.7. The SMILES string of the molecule is S=C(NCCCSC1CCCCC1)Nc1ccc(OC2CCCC2)cc1. The third-order valence-corrected chi connectivity index (χ3v) is 6.94. The highest BCUT2D eigenvalue weighted by molar-refractivity contribution is 7.99. The van der Waals surface area contributed by atoms with Crippen molar-refractivity contribution in [1.29, 1.82) is 0 Å². The van der Waals surface area contributed by atoms with Crippen LogP contribution in [0.1, 0.15) is 64.2 Å². The molecule has 2 fully saturated rings. The number of hydrogen-bond acceptors (Lipinski definition) is 3. The summed E-state index contributed by atoms with van der Waals surface area (Å²) in [7, 11) is 0. The van der Waals surface area contributed by atoms with Crippen molar-refractivity contribution in [2.45, 2.75) is 75.6 Å². The molecule has 2 saturated carbocycles. The van der Waals surface area contributed by atoms with Gasteiger partial charge in [0.2, 0.25) is 0 Å². The van der Waals surface area contributed by atoms with E-state index in [0.717, 1.165) is 29.7 Å². The zero-order valence-corrected chi connectivity index (χ0v) is 17.3. The van der Waals surface area contributed by atoms with Crippen molar-refractivity contribution in [2.24, 2.45) is 0 Å². The van der Waals surface area contributed by atoms with E-state index in [0.29, 0.717) is 11.2 Å². The van der Waals surface area contributed by atoms with Crippen LogP contribution in [0, 0.1) is 0 Å². The largest absolute Gasteiger partial charge is 0.490 e. The Morgan fingerprint density at radius 2 is 1.69 bits per heavy atom. The predicted octanol–water partition coefficient (Wildman–Crippen LogP) is 5.75. The van der Waals surface area contributed by atoms with Crippen LogP contribution in [0.5, 0.6) is 5.75 Å². The van der Waals surface area contributed by atoms with E-state index < -0.39 is 0 Å². The molecule has 0 unspecified atom stereocenters. The van der Waals surface area contributed by atoms with Crippen molar-refractivity contribution in [1.82, 2.24) is 5.32 Å². The molecule has 0 bridgehead atoms. The number of hydrogen-bond donors (Lipinski definition) is 2. The molecule has 0 atom stereocenters. The van der Waals surface area contributed by atoms with Gasteiger partial charge in [0, 0.05) is 17.5 Å². The maximum atomic E-state index is 6.00. The Morgan fingerprint density at radius 3 is 2.42 bits per heavy atom. The summed E-state index contributed by atoms with van der Waals surface area (Å²) < 4.78 is 6.00. The smallest absolute Gasteiger partial charge is 0.170 e. The van der Waals surface area contributed by atoms with E-state index in [9.17, 15) is 0 Å². The molecule has 0 aromatic heterocycles. The van der Waals surface area contributed by atoms with E-state index in [1.54, 1.807) is 0 Å². The van der Waals surface area contributed by atoms with Crippen molar-refractivity contribution in [3.63, 3.8) is 0 Å². The molecule has 1 aromatic carbocycles. The van der Waals surface area contributed by atoms with Gasteiger partial charge in [-0.15, -0.1) is 0 Å². The molecule has 2 aliphatic carbocycles. The van der Waals surface area contributed by atoms with Crippen molar-refractivity contribution in [3.05, 3.63) is 24.3 Å². The second-order valence-electron chi connectivity index (χ2n) is 7.41. The summed E-state index contributed by atoms with van der Waals surface area (Å²) >= 11 is 7.55. The van der Waals surface area contributed by atoms with Gasteiger partial charge in [0.05, 0.1) is 6.10 Å². The van der Waals surface area contributed by atoms with Crippen LogP contribution in [0.15, 0.2) is 24.3 Å². The molecule has 3 rings (SSSR count). The van der Waals surface area contributed by atoms with Gasteiger partial charge in [0.25, 0.3) is 0 Å². The quantitative estimate of drug-likeness (QED) is 0.435. The van der Waals surface area contributed by atoms with Crippen molar-refractivity contribution in [2.75, 3.05) is 17.6 Å². The summed E-state index contributed by atoms with van der Waals surface area (Å²) in [5, 5.41) is 8.19. The molecule has 1 aromatic rings. The molecule has 2 N–H and O–H groups in total. The van der Waals surface area contributed by atoms with Gasteiger partial charge < -0.3 is 15.4 Å². The molecule has 0 radical (unpaired) electrons. The first-order chi connectivity index (χ1) is 12.8. The minimum atomic E-state index is 0.406. The number of nitrogens with one attached hydrogen (secondary N) is 2. The standard InChI is InChI=1S/C21H32N2OS2/c25-21(22-15-6-16-26-20-9-2-1-3-10-20)23-17-11-13-19(14-12-17)24-18-7-4-5-8-18/h11-14,18,20H,1-10,15-16H2,(H2,22,23,25). The fraction of sp³-hybridized carbons (Fsp3) is 0.667. The molecule has 0 aliphatic heterocycles. The van der Waals surface area contributed by atoms with E-state index in [1.165, 1.54) is 63.5 Å². The van der Waals surface area contributed by atoms with Gasteiger partial charge in [0.1, 0.15) is 5.75 Å². The Kier molecular flexibility index (Phi) is 8.40. The zero-order valence-electron chi connectivity index (χ0n) is 15.7. The molecule has 144 valence electrons. The number of benzene rings is 1. The summed E-state index contributed by atoms with van der Waals surface area (Å²) in [6.45, 7) is 0.939. The van der Waals surface area contributed by atoms with Crippen LogP contribution in [0.4, 0.5) is 5.69 Å². The highest BCUT2D eigenvalue weighted by Crippen LogP contribution is 2.28. The number of thioether (sulfide) groups is 1. The maximum Gasteiger partial charge on any atom is 0.170 e. The molecule has 3 nitrogen and oxygen atoms in total. The Bertz CT molecular complexity index is 537. The topological polar surface area (TPSA) is 33.3 Å². The lowest BCUT2D eigenvalue weighted by molar-refractivity contribution is 0.210. The van der Waals surface area contributed by atoms with Crippen LogP contribution >= 0.6 is 24.0 Å². The van der Waals surface area contributed by atoms with Gasteiger partial charge in [-0.3, -0.25) is 0 Å². The fourth-order valence-electron chi connectivity index (χ4n) is 3.75. The molecule has 0 heterocycles. The van der Waals surface area contributed by atoms with Gasteiger partial charge >= 0.3 is 0 Å². The molecule has 5 heteroatoms. The van der Waals surface area contributed by atoms with E-state index in [2.05, 4.69) is 22.4 Å². The lowest BCUT2D eigenvalue weighted by Gasteiger charge is -2.20. The average molecular weight is 393 g/mol. The van der Waals surface area contributed by atoms with Gasteiger partial charge in [-0.25, -0.2) is 0 Å². The Hall–Kier alpha value is -0.940. The van der Waals surface area contributed by atoms with Crippen LogP contribution in [-0.2, 0) is 0 Å². The van der Waals surface area contributed by atoms with Crippen molar-refractivity contribution in [3.8, 4) is 5.75 Å². The van der Waals surface area contributed by atoms with Crippen LogP contribution in [0.25, 0.3) is 0 Å². The fourth-order valence-corrected chi connectivity index (χ4v) is 5.28. The number of anilines is 1. The Morgan fingerprint density at radius 1 is 1.00 bits per heavy atom. The van der Waals surface area contributed by atoms with Crippen LogP contribution in [0.2, 0.25) is 0 Å². The predicted molar refractivity (Wildman–Crippen MR) is 117 cm³/mol. The first kappa shape index (κ1) is 19.8. The molecule has 0 amide bonds. The molecular weight excluding hydrogens is 360 g/mol.